The summed E-state index contributed by atoms with van der Waals surface area (Å²) in [5.41, 5.74) is 0.756. The summed E-state index contributed by atoms with van der Waals surface area (Å²) in [7, 11) is 1.56. The predicted molar refractivity (Wildman–Crippen MR) is 70.5 cm³/mol. The number of thiazole rings is 1. The Labute approximate surface area is 120 Å². The molecule has 1 heterocycles. The van der Waals surface area contributed by atoms with E-state index in [0.29, 0.717) is 18.2 Å². The smallest absolute Gasteiger partial charge is 0.378 e. The van der Waals surface area contributed by atoms with E-state index in [1.54, 1.807) is 7.11 Å². The van der Waals surface area contributed by atoms with Gasteiger partial charge in [-0.3, -0.25) is 0 Å². The molecular weight excluding hydrogens is 293 g/mol. The molecule has 1 rings (SSSR count). The van der Waals surface area contributed by atoms with E-state index in [0.717, 1.165) is 23.5 Å². The molecule has 0 aliphatic carbocycles. The molecule has 4 nitrogen and oxygen atoms in total. The largest absolute Gasteiger partial charge is 0.411 e. The highest BCUT2D eigenvalue weighted by Crippen LogP contribution is 2.21. The lowest BCUT2D eigenvalue weighted by Crippen LogP contribution is -2.16. The summed E-state index contributed by atoms with van der Waals surface area (Å²) in [5, 5.41) is 3.77. The van der Waals surface area contributed by atoms with Crippen LogP contribution in [-0.4, -0.2) is 31.4 Å². The molecule has 0 atom stereocenters. The lowest BCUT2D eigenvalue weighted by molar-refractivity contribution is -0.176. The van der Waals surface area contributed by atoms with Gasteiger partial charge in [0.2, 0.25) is 0 Å². The fourth-order valence-electron chi connectivity index (χ4n) is 1.52. The zero-order valence-electron chi connectivity index (χ0n) is 11.5. The summed E-state index contributed by atoms with van der Waals surface area (Å²) in [6.07, 6.45) is -3.29. The van der Waals surface area contributed by atoms with Crippen molar-refractivity contribution in [2.75, 3.05) is 20.3 Å². The van der Waals surface area contributed by atoms with E-state index < -0.39 is 12.8 Å². The molecule has 0 spiro atoms. The second-order valence-corrected chi connectivity index (χ2v) is 5.36. The van der Waals surface area contributed by atoms with Gasteiger partial charge in [-0.05, 0) is 13.0 Å². The fraction of sp³-hybridized carbons (Fsp3) is 0.750. The zero-order valence-corrected chi connectivity index (χ0v) is 12.4. The number of methoxy groups -OCH3 is 1. The first kappa shape index (κ1) is 17.4. The Kier molecular flexibility index (Phi) is 7.42. The molecule has 0 unspecified atom stereocenters. The fourth-order valence-corrected chi connectivity index (χ4v) is 2.50. The van der Waals surface area contributed by atoms with Crippen LogP contribution in [0.3, 0.4) is 0 Å². The van der Waals surface area contributed by atoms with Crippen LogP contribution in [0.2, 0.25) is 0 Å². The molecule has 0 radical (unpaired) electrons. The highest BCUT2D eigenvalue weighted by Gasteiger charge is 2.27. The average Bonchev–Trinajstić information content (AvgIpc) is 2.71. The van der Waals surface area contributed by atoms with Crippen LogP contribution in [0.1, 0.15) is 28.9 Å². The van der Waals surface area contributed by atoms with Crippen molar-refractivity contribution in [3.8, 4) is 0 Å². The molecule has 1 aromatic rings. The number of aromatic nitrogens is 1. The Morgan fingerprint density at radius 3 is 2.65 bits per heavy atom. The van der Waals surface area contributed by atoms with Gasteiger partial charge in [0.1, 0.15) is 11.6 Å². The molecule has 0 aromatic carbocycles. The topological polar surface area (TPSA) is 43.4 Å². The SMILES string of the molecule is CCCNCc1sc(COCC(F)(F)F)nc1COC. The molecule has 0 aliphatic rings. The van der Waals surface area contributed by atoms with E-state index in [1.807, 2.05) is 0 Å². The maximum atomic E-state index is 12.0. The first-order valence-corrected chi connectivity index (χ1v) is 7.09. The number of hydrogen-bond donors (Lipinski definition) is 1. The van der Waals surface area contributed by atoms with Crippen molar-refractivity contribution in [2.24, 2.45) is 0 Å². The van der Waals surface area contributed by atoms with Gasteiger partial charge in [0.05, 0.1) is 18.9 Å². The van der Waals surface area contributed by atoms with Gasteiger partial charge >= 0.3 is 6.18 Å². The van der Waals surface area contributed by atoms with Gasteiger partial charge in [-0.25, -0.2) is 4.98 Å². The van der Waals surface area contributed by atoms with Gasteiger partial charge in [0, 0.05) is 18.5 Å². The zero-order chi connectivity index (χ0) is 15.0. The molecule has 20 heavy (non-hydrogen) atoms. The van der Waals surface area contributed by atoms with Crippen LogP contribution in [0, 0.1) is 0 Å². The van der Waals surface area contributed by atoms with Crippen molar-refractivity contribution >= 4 is 11.3 Å². The standard InChI is InChI=1S/C12H19F3N2O2S/c1-3-4-16-5-10-9(6-18-2)17-11(20-10)7-19-8-12(13,14)15/h16H,3-8H2,1-2H3. The monoisotopic (exact) mass is 312 g/mol. The van der Waals surface area contributed by atoms with E-state index in [-0.39, 0.29) is 6.61 Å². The van der Waals surface area contributed by atoms with Crippen molar-refractivity contribution in [1.29, 1.82) is 0 Å². The van der Waals surface area contributed by atoms with E-state index in [9.17, 15) is 13.2 Å². The summed E-state index contributed by atoms with van der Waals surface area (Å²) in [4.78, 5) is 5.24. The Balaban J connectivity index is 2.56. The molecule has 8 heteroatoms. The minimum atomic E-state index is -4.31. The maximum Gasteiger partial charge on any atom is 0.411 e. The highest BCUT2D eigenvalue weighted by molar-refractivity contribution is 7.11. The van der Waals surface area contributed by atoms with Gasteiger partial charge in [-0.15, -0.1) is 11.3 Å². The third-order valence-corrected chi connectivity index (χ3v) is 3.38. The van der Waals surface area contributed by atoms with Crippen LogP contribution in [0.15, 0.2) is 0 Å². The number of rotatable bonds is 9. The Bertz CT molecular complexity index is 397. The van der Waals surface area contributed by atoms with Crippen molar-refractivity contribution in [1.82, 2.24) is 10.3 Å². The number of alkyl halides is 3. The molecule has 1 aromatic heterocycles. The average molecular weight is 312 g/mol. The van der Waals surface area contributed by atoms with Crippen LogP contribution >= 0.6 is 11.3 Å². The van der Waals surface area contributed by atoms with Crippen LogP contribution in [0.4, 0.5) is 13.2 Å². The Morgan fingerprint density at radius 1 is 1.30 bits per heavy atom. The van der Waals surface area contributed by atoms with Crippen LogP contribution in [0.25, 0.3) is 0 Å². The molecule has 0 fully saturated rings. The van der Waals surface area contributed by atoms with Gasteiger partial charge in [0.15, 0.2) is 0 Å². The summed E-state index contributed by atoms with van der Waals surface area (Å²) in [6.45, 7) is 2.54. The van der Waals surface area contributed by atoms with E-state index in [1.165, 1.54) is 11.3 Å². The van der Waals surface area contributed by atoms with Gasteiger partial charge in [-0.2, -0.15) is 13.2 Å². The molecule has 0 saturated carbocycles. The van der Waals surface area contributed by atoms with E-state index in [2.05, 4.69) is 22.0 Å². The third-order valence-electron chi connectivity index (χ3n) is 2.31. The molecule has 1 N–H and O–H groups in total. The van der Waals surface area contributed by atoms with Gasteiger partial charge < -0.3 is 14.8 Å². The lowest BCUT2D eigenvalue weighted by atomic mass is 10.3. The third kappa shape index (κ3) is 6.65. The second-order valence-electron chi connectivity index (χ2n) is 4.20. The summed E-state index contributed by atoms with van der Waals surface area (Å²) >= 11 is 1.35. The van der Waals surface area contributed by atoms with Gasteiger partial charge in [-0.1, -0.05) is 6.92 Å². The van der Waals surface area contributed by atoms with Gasteiger partial charge in [0.25, 0.3) is 0 Å². The number of halogens is 3. The van der Waals surface area contributed by atoms with Crippen molar-refractivity contribution < 1.29 is 22.6 Å². The maximum absolute atomic E-state index is 12.0. The Hall–Kier alpha value is -0.700. The first-order valence-electron chi connectivity index (χ1n) is 6.28. The van der Waals surface area contributed by atoms with E-state index in [4.69, 9.17) is 4.74 Å². The van der Waals surface area contributed by atoms with Crippen LogP contribution in [0.5, 0.6) is 0 Å². The summed E-state index contributed by atoms with van der Waals surface area (Å²) in [5.74, 6) is 0. The number of ether oxygens (including phenoxy) is 2. The normalized spacial score (nSPS) is 12.1. The summed E-state index contributed by atoms with van der Waals surface area (Å²) < 4.78 is 45.7. The highest BCUT2D eigenvalue weighted by atomic mass is 32.1. The minimum absolute atomic E-state index is 0.130. The van der Waals surface area contributed by atoms with E-state index >= 15 is 0 Å². The Morgan fingerprint density at radius 2 is 2.05 bits per heavy atom. The molecule has 0 aliphatic heterocycles. The van der Waals surface area contributed by atoms with Crippen LogP contribution in [-0.2, 0) is 29.2 Å². The van der Waals surface area contributed by atoms with Crippen molar-refractivity contribution in [3.05, 3.63) is 15.6 Å². The second kappa shape index (κ2) is 8.56. The molecule has 0 bridgehead atoms. The number of hydrogen-bond acceptors (Lipinski definition) is 5. The quantitative estimate of drug-likeness (QED) is 0.712. The minimum Gasteiger partial charge on any atom is -0.378 e. The molecule has 0 amide bonds. The summed E-state index contributed by atoms with van der Waals surface area (Å²) in [6, 6.07) is 0. The lowest BCUT2D eigenvalue weighted by Gasteiger charge is -2.05. The molecule has 0 saturated heterocycles. The first-order chi connectivity index (χ1) is 9.46. The molecular formula is C12H19F3N2O2S. The van der Waals surface area contributed by atoms with Crippen molar-refractivity contribution in [2.45, 2.75) is 39.3 Å². The number of nitrogens with zero attached hydrogens (tertiary/aromatic N) is 1. The molecule has 116 valence electrons. The van der Waals surface area contributed by atoms with Crippen LogP contribution < -0.4 is 5.32 Å². The predicted octanol–water partition coefficient (Wildman–Crippen LogP) is 2.87. The van der Waals surface area contributed by atoms with Crippen molar-refractivity contribution in [3.63, 3.8) is 0 Å². The number of nitrogens with one attached hydrogen (secondary N) is 1.